The molecule has 0 rings (SSSR count). The van der Waals surface area contributed by atoms with Crippen molar-refractivity contribution in [3.05, 3.63) is 12.7 Å². The minimum Gasteiger partial charge on any atom is -0.743 e. The third kappa shape index (κ3) is 7.16. The van der Waals surface area contributed by atoms with Crippen molar-refractivity contribution >= 4 is 22.0 Å². The van der Waals surface area contributed by atoms with E-state index in [1.54, 1.807) is 13.8 Å². The van der Waals surface area contributed by atoms with Gasteiger partial charge in [-0.1, -0.05) is 33.3 Å². The monoisotopic (exact) mass is 468 g/mol. The Hall–Kier alpha value is -1.80. The maximum Gasteiger partial charge on any atom is 0.466 e. The first-order valence-corrected chi connectivity index (χ1v) is 10.2. The van der Waals surface area contributed by atoms with Crippen LogP contribution in [0.4, 0.5) is 22.0 Å². The first-order chi connectivity index (χ1) is 13.6. The molecule has 0 spiro atoms. The van der Waals surface area contributed by atoms with Crippen molar-refractivity contribution in [1.29, 1.82) is 0 Å². The molecule has 14 heteroatoms. The number of carbonyl (C=O) groups is 2. The van der Waals surface area contributed by atoms with Gasteiger partial charge in [-0.3, -0.25) is 4.79 Å². The van der Waals surface area contributed by atoms with E-state index in [0.717, 1.165) is 0 Å². The van der Waals surface area contributed by atoms with Crippen molar-refractivity contribution in [2.75, 3.05) is 19.7 Å². The highest BCUT2D eigenvalue weighted by atomic mass is 32.2. The van der Waals surface area contributed by atoms with Gasteiger partial charge in [0.15, 0.2) is 10.1 Å². The number of nitrogens with zero attached hydrogens (tertiary/aromatic N) is 1. The van der Waals surface area contributed by atoms with Gasteiger partial charge in [0.1, 0.15) is 6.61 Å². The van der Waals surface area contributed by atoms with Crippen LogP contribution in [0.5, 0.6) is 0 Å². The molecule has 8 nitrogen and oxygen atoms in total. The van der Waals surface area contributed by atoms with Gasteiger partial charge in [-0.25, -0.2) is 13.2 Å². The molecule has 30 heavy (non-hydrogen) atoms. The topological polar surface area (TPSA) is 113 Å². The molecule has 1 atom stereocenters. The Bertz CT molecular complexity index is 703. The fraction of sp³-hybridized carbons (Fsp3) is 0.750. The number of hydrogen-bond donors (Lipinski definition) is 0. The highest BCUT2D eigenvalue weighted by molar-refractivity contribution is 7.86. The van der Waals surface area contributed by atoms with Crippen LogP contribution in [-0.2, 0) is 29.2 Å². The van der Waals surface area contributed by atoms with Crippen molar-refractivity contribution in [2.45, 2.75) is 56.7 Å². The molecule has 0 saturated heterocycles. The molecule has 0 aliphatic carbocycles. The molecule has 0 N–H and O–H groups in total. The zero-order valence-electron chi connectivity index (χ0n) is 16.3. The molecule has 1 unspecified atom stereocenters. The van der Waals surface area contributed by atoms with Gasteiger partial charge in [-0.15, -0.1) is 0 Å². The highest BCUT2D eigenvalue weighted by Gasteiger charge is 2.68. The molecule has 0 heterocycles. The number of carbonyl (C=O) groups excluding carboxylic acids is 2. The summed E-state index contributed by atoms with van der Waals surface area (Å²) < 4.78 is 108. The zero-order chi connectivity index (χ0) is 23.8. The molecule has 0 fully saturated rings. The summed E-state index contributed by atoms with van der Waals surface area (Å²) >= 11 is 0. The van der Waals surface area contributed by atoms with Crippen LogP contribution in [0.25, 0.3) is 0 Å². The van der Waals surface area contributed by atoms with E-state index in [4.69, 9.17) is 0 Å². The maximum absolute atomic E-state index is 13.8. The molecule has 0 saturated carbocycles. The third-order valence-electron chi connectivity index (χ3n) is 3.73. The quantitative estimate of drug-likeness (QED) is 0.134. The lowest BCUT2D eigenvalue weighted by Crippen LogP contribution is -2.63. The number of alkyl halides is 5. The normalized spacial score (nSPS) is 14.7. The molecular weight excluding hydrogens is 445 g/mol. The minimum atomic E-state index is -6.44. The van der Waals surface area contributed by atoms with E-state index in [0.29, 0.717) is 17.7 Å². The van der Waals surface area contributed by atoms with Gasteiger partial charge in [0.2, 0.25) is 0 Å². The van der Waals surface area contributed by atoms with Crippen molar-refractivity contribution in [3.63, 3.8) is 0 Å². The van der Waals surface area contributed by atoms with Crippen LogP contribution in [0.3, 0.4) is 0 Å². The fourth-order valence-electron chi connectivity index (χ4n) is 2.06. The van der Waals surface area contributed by atoms with Gasteiger partial charge in [-0.05, 0) is 12.8 Å². The lowest BCUT2D eigenvalue weighted by Gasteiger charge is -2.37. The van der Waals surface area contributed by atoms with Crippen molar-refractivity contribution in [3.8, 4) is 0 Å². The second-order valence-electron chi connectivity index (χ2n) is 6.12. The van der Waals surface area contributed by atoms with Crippen molar-refractivity contribution in [2.24, 2.45) is 0 Å². The Balaban J connectivity index is 6.36. The van der Waals surface area contributed by atoms with Gasteiger partial charge in [0.05, 0.1) is 0 Å². The molecule has 0 aromatic carbocycles. The SMILES string of the molecule is C=CC(=O)OC(OCC(F)(F)S(=O)(=O)[O-])(C(=O)N(CCCC)CCCC)C(F)(F)F. The van der Waals surface area contributed by atoms with E-state index in [2.05, 4.69) is 16.1 Å². The maximum atomic E-state index is 13.8. The van der Waals surface area contributed by atoms with Gasteiger partial charge in [-0.2, -0.15) is 22.0 Å². The van der Waals surface area contributed by atoms with Gasteiger partial charge >= 0.3 is 29.1 Å². The molecule has 1 amide bonds. The Morgan fingerprint density at radius 3 is 1.87 bits per heavy atom. The van der Waals surface area contributed by atoms with E-state index >= 15 is 0 Å². The molecule has 176 valence electrons. The van der Waals surface area contributed by atoms with Crippen molar-refractivity contribution in [1.82, 2.24) is 4.90 Å². The number of halogens is 5. The number of unbranched alkanes of at least 4 members (excludes halogenated alkanes) is 2. The highest BCUT2D eigenvalue weighted by Crippen LogP contribution is 2.39. The summed E-state index contributed by atoms with van der Waals surface area (Å²) in [5, 5.41) is -5.33. The van der Waals surface area contributed by atoms with Gasteiger partial charge in [0.25, 0.3) is 0 Å². The van der Waals surface area contributed by atoms with Crippen LogP contribution in [-0.4, -0.2) is 66.7 Å². The van der Waals surface area contributed by atoms with Crippen molar-refractivity contribution < 1.29 is 54.0 Å². The van der Waals surface area contributed by atoms with E-state index < -0.39 is 45.8 Å². The summed E-state index contributed by atoms with van der Waals surface area (Å²) in [6.07, 6.45) is -4.32. The minimum absolute atomic E-state index is 0.224. The zero-order valence-corrected chi connectivity index (χ0v) is 17.2. The second kappa shape index (κ2) is 11.0. The van der Waals surface area contributed by atoms with Crippen LogP contribution in [0, 0.1) is 0 Å². The Morgan fingerprint density at radius 2 is 1.53 bits per heavy atom. The van der Waals surface area contributed by atoms with E-state index in [1.807, 2.05) is 0 Å². The summed E-state index contributed by atoms with van der Waals surface area (Å²) in [4.78, 5) is 24.8. The number of ether oxygens (including phenoxy) is 2. The summed E-state index contributed by atoms with van der Waals surface area (Å²) in [6.45, 7) is 3.03. The molecule has 0 aliphatic rings. The summed E-state index contributed by atoms with van der Waals surface area (Å²) in [5.41, 5.74) is 0. The molecule has 0 radical (unpaired) electrons. The number of esters is 1. The number of hydrogen-bond acceptors (Lipinski definition) is 7. The molecule has 0 bridgehead atoms. The third-order valence-corrected chi connectivity index (χ3v) is 4.57. The molecule has 0 aromatic heterocycles. The van der Waals surface area contributed by atoms with E-state index in [9.17, 15) is 44.5 Å². The van der Waals surface area contributed by atoms with Gasteiger partial charge < -0.3 is 18.9 Å². The second-order valence-corrected chi connectivity index (χ2v) is 7.62. The lowest BCUT2D eigenvalue weighted by molar-refractivity contribution is -0.355. The molecule has 0 aromatic rings. The molecular formula is C16H23F5NO7S-. The first kappa shape index (κ1) is 28.2. The fourth-order valence-corrected chi connectivity index (χ4v) is 2.26. The van der Waals surface area contributed by atoms with Crippen LogP contribution in [0.1, 0.15) is 39.5 Å². The van der Waals surface area contributed by atoms with Gasteiger partial charge in [0, 0.05) is 19.2 Å². The van der Waals surface area contributed by atoms with Crippen LogP contribution in [0.2, 0.25) is 0 Å². The molecule has 0 aliphatic heterocycles. The van der Waals surface area contributed by atoms with Crippen LogP contribution >= 0.6 is 0 Å². The van der Waals surface area contributed by atoms with E-state index in [-0.39, 0.29) is 32.0 Å². The predicted octanol–water partition coefficient (Wildman–Crippen LogP) is 2.56. The largest absolute Gasteiger partial charge is 0.743 e. The predicted molar refractivity (Wildman–Crippen MR) is 92.1 cm³/mol. The lowest BCUT2D eigenvalue weighted by atomic mass is 10.1. The average Bonchev–Trinajstić information content (AvgIpc) is 2.62. The van der Waals surface area contributed by atoms with Crippen LogP contribution < -0.4 is 0 Å². The standard InChI is InChI=1S/C16H24F5NO7S/c1-4-7-9-22(10-8-5-2)13(24)15(16(19,20)21,29-12(23)6-3)28-11-14(17,18)30(25,26)27/h6H,3-5,7-11H2,1-2H3,(H,25,26,27)/p-1. The summed E-state index contributed by atoms with van der Waals surface area (Å²) in [6, 6.07) is 0. The smallest absolute Gasteiger partial charge is 0.466 e. The van der Waals surface area contributed by atoms with Crippen LogP contribution in [0.15, 0.2) is 12.7 Å². The summed E-state index contributed by atoms with van der Waals surface area (Å²) in [7, 11) is -6.44. The average molecular weight is 468 g/mol. The number of rotatable bonds is 13. The van der Waals surface area contributed by atoms with E-state index in [1.165, 1.54) is 0 Å². The summed E-state index contributed by atoms with van der Waals surface area (Å²) in [5.74, 6) is -8.49. The Labute approximate surface area is 170 Å². The first-order valence-electron chi connectivity index (χ1n) is 8.78. The Morgan fingerprint density at radius 1 is 1.07 bits per heavy atom. The number of amides is 1. The Kier molecular flexibility index (Phi) is 10.3.